The van der Waals surface area contributed by atoms with Crippen LogP contribution in [0.5, 0.6) is 0 Å². The second-order valence-corrected chi connectivity index (χ2v) is 8.69. The highest BCUT2D eigenvalue weighted by molar-refractivity contribution is 5.90. The van der Waals surface area contributed by atoms with Crippen molar-refractivity contribution in [1.29, 1.82) is 0 Å². The number of amides is 2. The van der Waals surface area contributed by atoms with E-state index < -0.39 is 0 Å². The molecule has 0 aromatic heterocycles. The van der Waals surface area contributed by atoms with Gasteiger partial charge in [-0.05, 0) is 64.0 Å². The van der Waals surface area contributed by atoms with Crippen LogP contribution in [0.25, 0.3) is 0 Å². The van der Waals surface area contributed by atoms with Crippen LogP contribution in [0.1, 0.15) is 58.3 Å². The van der Waals surface area contributed by atoms with E-state index in [0.717, 1.165) is 51.7 Å². The van der Waals surface area contributed by atoms with Gasteiger partial charge in [0, 0.05) is 31.6 Å². The highest BCUT2D eigenvalue weighted by atomic mass is 16.2. The molecule has 1 aliphatic carbocycles. The summed E-state index contributed by atoms with van der Waals surface area (Å²) in [7, 11) is 0. The average molecular weight is 348 g/mol. The first kappa shape index (κ1) is 17.3. The van der Waals surface area contributed by atoms with Gasteiger partial charge in [0.15, 0.2) is 0 Å². The zero-order valence-corrected chi connectivity index (χ0v) is 15.7. The summed E-state index contributed by atoms with van der Waals surface area (Å²) in [4.78, 5) is 32.5. The van der Waals surface area contributed by atoms with E-state index in [0.29, 0.717) is 12.0 Å². The molecule has 4 atom stereocenters. The van der Waals surface area contributed by atoms with E-state index in [4.69, 9.17) is 0 Å². The van der Waals surface area contributed by atoms with Crippen LogP contribution < -0.4 is 0 Å². The van der Waals surface area contributed by atoms with Gasteiger partial charge in [-0.15, -0.1) is 0 Å². The molecule has 0 unspecified atom stereocenters. The maximum atomic E-state index is 13.2. The molecule has 140 valence electrons. The molecule has 2 amide bonds. The number of hydrogen-bond donors (Lipinski definition) is 0. The molecule has 5 heteroatoms. The number of nitrogens with zero attached hydrogens (tertiary/aromatic N) is 3. The van der Waals surface area contributed by atoms with Gasteiger partial charge in [0.05, 0.1) is 0 Å². The number of carbonyl (C=O) groups excluding carboxylic acids is 2. The molecule has 0 aromatic carbocycles. The van der Waals surface area contributed by atoms with Gasteiger partial charge < -0.3 is 9.80 Å². The van der Waals surface area contributed by atoms with E-state index in [1.54, 1.807) is 0 Å². The van der Waals surface area contributed by atoms with Crippen molar-refractivity contribution < 1.29 is 9.59 Å². The normalized spacial score (nSPS) is 36.5. The molecule has 25 heavy (non-hydrogen) atoms. The summed E-state index contributed by atoms with van der Waals surface area (Å²) in [5, 5.41) is 0. The Kier molecular flexibility index (Phi) is 5.03. The molecule has 0 spiro atoms. The molecule has 4 rings (SSSR count). The quantitative estimate of drug-likeness (QED) is 0.785. The van der Waals surface area contributed by atoms with Crippen LogP contribution in [0.4, 0.5) is 0 Å². The Morgan fingerprint density at radius 3 is 2.28 bits per heavy atom. The first-order valence-corrected chi connectivity index (χ1v) is 10.5. The second-order valence-electron chi connectivity index (χ2n) is 8.69. The predicted molar refractivity (Wildman–Crippen MR) is 97.0 cm³/mol. The van der Waals surface area contributed by atoms with Crippen molar-refractivity contribution in [3.8, 4) is 0 Å². The van der Waals surface area contributed by atoms with Crippen LogP contribution in [0, 0.1) is 11.8 Å². The Morgan fingerprint density at radius 1 is 0.840 bits per heavy atom. The lowest BCUT2D eigenvalue weighted by molar-refractivity contribution is -0.148. The lowest BCUT2D eigenvalue weighted by Crippen LogP contribution is -2.53. The van der Waals surface area contributed by atoms with E-state index in [1.165, 1.54) is 32.4 Å². The van der Waals surface area contributed by atoms with Crippen LogP contribution in [-0.2, 0) is 9.59 Å². The summed E-state index contributed by atoms with van der Waals surface area (Å²) in [6.45, 7) is 7.06. The van der Waals surface area contributed by atoms with E-state index in [1.807, 2.05) is 4.90 Å². The van der Waals surface area contributed by atoms with Crippen molar-refractivity contribution in [3.05, 3.63) is 0 Å². The highest BCUT2D eigenvalue weighted by Crippen LogP contribution is 2.40. The van der Waals surface area contributed by atoms with Crippen LogP contribution >= 0.6 is 0 Å². The molecule has 0 N–H and O–H groups in total. The van der Waals surface area contributed by atoms with Crippen molar-refractivity contribution in [2.45, 2.75) is 70.4 Å². The topological polar surface area (TPSA) is 43.9 Å². The van der Waals surface area contributed by atoms with Crippen molar-refractivity contribution in [2.75, 3.05) is 32.7 Å². The fraction of sp³-hybridized carbons (Fsp3) is 0.900. The summed E-state index contributed by atoms with van der Waals surface area (Å²) in [5.41, 5.74) is 0. The Balaban J connectivity index is 1.38. The molecule has 1 saturated carbocycles. The Hall–Kier alpha value is -1.10. The number of likely N-dealkylation sites (tertiary alicyclic amines) is 3. The molecule has 3 saturated heterocycles. The van der Waals surface area contributed by atoms with E-state index in [2.05, 4.69) is 16.7 Å². The van der Waals surface area contributed by atoms with E-state index in [9.17, 15) is 9.59 Å². The Bertz CT molecular complexity index is 517. The van der Waals surface area contributed by atoms with E-state index in [-0.39, 0.29) is 23.8 Å². The first-order chi connectivity index (χ1) is 12.1. The van der Waals surface area contributed by atoms with Gasteiger partial charge in [0.1, 0.15) is 6.04 Å². The standard InChI is InChI=1S/C20H33N3O2/c1-15-13-17(15)19(24)23-11-6-3-7-18(23)20(25)22-12-8-16(14-22)21-9-4-2-5-10-21/h15-18H,2-14H2,1H3/t15-,16+,17+,18+/m1/s1. The zero-order chi connectivity index (χ0) is 17.4. The minimum absolute atomic E-state index is 0.186. The molecule has 5 nitrogen and oxygen atoms in total. The third-order valence-corrected chi connectivity index (χ3v) is 6.88. The molecule has 3 aliphatic heterocycles. The highest BCUT2D eigenvalue weighted by Gasteiger charge is 2.46. The van der Waals surface area contributed by atoms with Gasteiger partial charge in [-0.2, -0.15) is 0 Å². The van der Waals surface area contributed by atoms with Crippen molar-refractivity contribution >= 4 is 11.8 Å². The summed E-state index contributed by atoms with van der Waals surface area (Å²) < 4.78 is 0. The smallest absolute Gasteiger partial charge is 0.245 e. The summed E-state index contributed by atoms with van der Waals surface area (Å²) in [6.07, 6.45) is 9.05. The third-order valence-electron chi connectivity index (χ3n) is 6.88. The van der Waals surface area contributed by atoms with Gasteiger partial charge in [-0.3, -0.25) is 14.5 Å². The maximum Gasteiger partial charge on any atom is 0.245 e. The van der Waals surface area contributed by atoms with Gasteiger partial charge in [0.2, 0.25) is 11.8 Å². The predicted octanol–water partition coefficient (Wildman–Crippen LogP) is 2.11. The number of carbonyl (C=O) groups is 2. The van der Waals surface area contributed by atoms with Crippen LogP contribution in [0.2, 0.25) is 0 Å². The van der Waals surface area contributed by atoms with Gasteiger partial charge >= 0.3 is 0 Å². The number of hydrogen-bond acceptors (Lipinski definition) is 3. The lowest BCUT2D eigenvalue weighted by atomic mass is 10.00. The van der Waals surface area contributed by atoms with E-state index >= 15 is 0 Å². The lowest BCUT2D eigenvalue weighted by Gasteiger charge is -2.37. The van der Waals surface area contributed by atoms with Gasteiger partial charge in [-0.25, -0.2) is 0 Å². The number of piperidine rings is 2. The maximum absolute atomic E-state index is 13.2. The Labute approximate surface area is 151 Å². The zero-order valence-electron chi connectivity index (χ0n) is 15.7. The largest absolute Gasteiger partial charge is 0.339 e. The molecule has 4 fully saturated rings. The molecule has 0 bridgehead atoms. The van der Waals surface area contributed by atoms with Crippen LogP contribution in [-0.4, -0.2) is 71.3 Å². The van der Waals surface area contributed by atoms with Crippen molar-refractivity contribution in [2.24, 2.45) is 11.8 Å². The second kappa shape index (κ2) is 7.26. The first-order valence-electron chi connectivity index (χ1n) is 10.5. The van der Waals surface area contributed by atoms with Crippen LogP contribution in [0.3, 0.4) is 0 Å². The number of rotatable bonds is 3. The van der Waals surface area contributed by atoms with Crippen molar-refractivity contribution in [3.63, 3.8) is 0 Å². The SMILES string of the molecule is C[C@@H]1C[C@@H]1C(=O)N1CCCC[C@H]1C(=O)N1CC[C@H](N2CCCCC2)C1. The molecule has 3 heterocycles. The average Bonchev–Trinajstić information content (AvgIpc) is 3.19. The minimum atomic E-state index is -0.186. The molecular weight excluding hydrogens is 314 g/mol. The fourth-order valence-electron chi connectivity index (χ4n) is 5.07. The van der Waals surface area contributed by atoms with Crippen molar-refractivity contribution in [1.82, 2.24) is 14.7 Å². The monoisotopic (exact) mass is 347 g/mol. The third kappa shape index (κ3) is 3.57. The van der Waals surface area contributed by atoms with Crippen LogP contribution in [0.15, 0.2) is 0 Å². The fourth-order valence-corrected chi connectivity index (χ4v) is 5.07. The minimum Gasteiger partial charge on any atom is -0.339 e. The summed E-state index contributed by atoms with van der Waals surface area (Å²) >= 11 is 0. The van der Waals surface area contributed by atoms with Gasteiger partial charge in [0.25, 0.3) is 0 Å². The Morgan fingerprint density at radius 2 is 1.56 bits per heavy atom. The summed E-state index contributed by atoms with van der Waals surface area (Å²) in [5.74, 6) is 1.17. The van der Waals surface area contributed by atoms with Gasteiger partial charge in [-0.1, -0.05) is 13.3 Å². The molecule has 0 aromatic rings. The molecule has 0 radical (unpaired) electrons. The summed E-state index contributed by atoms with van der Waals surface area (Å²) in [6, 6.07) is 0.356. The molecular formula is C20H33N3O2. The molecule has 4 aliphatic rings.